The number of anilines is 1. The van der Waals surface area contributed by atoms with E-state index in [1.165, 1.54) is 10.8 Å². The highest BCUT2D eigenvalue weighted by Gasteiger charge is 2.14. The van der Waals surface area contributed by atoms with Crippen molar-refractivity contribution in [3.63, 3.8) is 0 Å². The molecule has 0 spiro atoms. The molecule has 1 saturated heterocycles. The molecule has 0 radical (unpaired) electrons. The molecule has 3 rings (SSSR count). The Morgan fingerprint density at radius 1 is 1.17 bits per heavy atom. The normalized spacial score (nSPS) is 16.9. The lowest BCUT2D eigenvalue weighted by Gasteiger charge is -2.24. The van der Waals surface area contributed by atoms with Crippen LogP contribution < -0.4 is 10.6 Å². The Morgan fingerprint density at radius 2 is 2.00 bits per heavy atom. The Balaban J connectivity index is 1.93. The predicted molar refractivity (Wildman–Crippen MR) is 79.0 cm³/mol. The molecule has 3 nitrogen and oxygen atoms in total. The lowest BCUT2D eigenvalue weighted by molar-refractivity contribution is 0.478. The molecule has 0 amide bonds. The van der Waals surface area contributed by atoms with Crippen LogP contribution in [0.1, 0.15) is 12.8 Å². The smallest absolute Gasteiger partial charge is 0.134 e. The maximum atomic E-state index is 4.49. The number of halogens is 1. The Labute approximate surface area is 115 Å². The number of pyridine rings is 1. The van der Waals surface area contributed by atoms with Crippen molar-refractivity contribution >= 4 is 32.5 Å². The van der Waals surface area contributed by atoms with Crippen molar-refractivity contribution in [2.45, 2.75) is 18.9 Å². The van der Waals surface area contributed by atoms with Crippen LogP contribution in [0.15, 0.2) is 34.9 Å². The number of benzene rings is 1. The SMILES string of the molecule is Brc1cccc2c(NC3CCNCC3)nccc12. The van der Waals surface area contributed by atoms with E-state index in [-0.39, 0.29) is 0 Å². The largest absolute Gasteiger partial charge is 0.367 e. The molecule has 0 atom stereocenters. The predicted octanol–water partition coefficient (Wildman–Crippen LogP) is 3.16. The van der Waals surface area contributed by atoms with E-state index < -0.39 is 0 Å². The minimum Gasteiger partial charge on any atom is -0.367 e. The molecule has 1 aromatic carbocycles. The van der Waals surface area contributed by atoms with Gasteiger partial charge in [-0.2, -0.15) is 0 Å². The summed E-state index contributed by atoms with van der Waals surface area (Å²) in [6.45, 7) is 2.18. The van der Waals surface area contributed by atoms with E-state index >= 15 is 0 Å². The van der Waals surface area contributed by atoms with Gasteiger partial charge in [0.2, 0.25) is 0 Å². The van der Waals surface area contributed by atoms with Crippen LogP contribution in [0.4, 0.5) is 5.82 Å². The highest BCUT2D eigenvalue weighted by molar-refractivity contribution is 9.10. The fraction of sp³-hybridized carbons (Fsp3) is 0.357. The fourth-order valence-electron chi connectivity index (χ4n) is 2.44. The molecule has 1 fully saturated rings. The van der Waals surface area contributed by atoms with Crippen molar-refractivity contribution in [3.8, 4) is 0 Å². The molecular weight excluding hydrogens is 290 g/mol. The van der Waals surface area contributed by atoms with Crippen LogP contribution >= 0.6 is 15.9 Å². The zero-order valence-corrected chi connectivity index (χ0v) is 11.7. The zero-order chi connectivity index (χ0) is 12.4. The van der Waals surface area contributed by atoms with Gasteiger partial charge in [-0.05, 0) is 38.1 Å². The molecule has 1 aromatic heterocycles. The molecule has 0 unspecified atom stereocenters. The van der Waals surface area contributed by atoms with E-state index in [0.29, 0.717) is 6.04 Å². The zero-order valence-electron chi connectivity index (χ0n) is 10.1. The fourth-order valence-corrected chi connectivity index (χ4v) is 2.94. The van der Waals surface area contributed by atoms with Crippen molar-refractivity contribution in [3.05, 3.63) is 34.9 Å². The van der Waals surface area contributed by atoms with Gasteiger partial charge in [-0.15, -0.1) is 0 Å². The number of piperidine rings is 1. The Kier molecular flexibility index (Phi) is 3.48. The average molecular weight is 306 g/mol. The van der Waals surface area contributed by atoms with Gasteiger partial charge in [-0.25, -0.2) is 4.98 Å². The molecule has 0 bridgehead atoms. The number of hydrogen-bond donors (Lipinski definition) is 2. The van der Waals surface area contributed by atoms with E-state index in [1.807, 2.05) is 12.3 Å². The summed E-state index contributed by atoms with van der Waals surface area (Å²) in [5.41, 5.74) is 0. The van der Waals surface area contributed by atoms with Gasteiger partial charge < -0.3 is 10.6 Å². The molecule has 2 N–H and O–H groups in total. The molecule has 0 aliphatic carbocycles. The summed E-state index contributed by atoms with van der Waals surface area (Å²) in [4.78, 5) is 4.49. The molecule has 1 aliphatic heterocycles. The Morgan fingerprint density at radius 3 is 2.83 bits per heavy atom. The van der Waals surface area contributed by atoms with E-state index in [9.17, 15) is 0 Å². The lowest BCUT2D eigenvalue weighted by atomic mass is 10.1. The molecule has 4 heteroatoms. The summed E-state index contributed by atoms with van der Waals surface area (Å²) in [5.74, 6) is 1.00. The summed E-state index contributed by atoms with van der Waals surface area (Å²) in [5, 5.41) is 9.36. The lowest BCUT2D eigenvalue weighted by Crippen LogP contribution is -2.35. The van der Waals surface area contributed by atoms with Gasteiger partial charge >= 0.3 is 0 Å². The van der Waals surface area contributed by atoms with Crippen LogP contribution in [0, 0.1) is 0 Å². The third-order valence-corrected chi connectivity index (χ3v) is 4.12. The second-order valence-corrected chi connectivity index (χ2v) is 5.52. The maximum Gasteiger partial charge on any atom is 0.134 e. The van der Waals surface area contributed by atoms with Gasteiger partial charge in [-0.1, -0.05) is 28.1 Å². The molecular formula is C14H16BrN3. The number of rotatable bonds is 2. The summed E-state index contributed by atoms with van der Waals surface area (Å²) in [6.07, 6.45) is 4.19. The van der Waals surface area contributed by atoms with Gasteiger partial charge in [0, 0.05) is 27.5 Å². The quantitative estimate of drug-likeness (QED) is 0.895. The summed E-state index contributed by atoms with van der Waals surface area (Å²) >= 11 is 3.59. The number of nitrogens with one attached hydrogen (secondary N) is 2. The summed E-state index contributed by atoms with van der Waals surface area (Å²) in [7, 11) is 0. The van der Waals surface area contributed by atoms with Gasteiger partial charge in [0.15, 0.2) is 0 Å². The third-order valence-electron chi connectivity index (χ3n) is 3.43. The van der Waals surface area contributed by atoms with Crippen molar-refractivity contribution in [1.82, 2.24) is 10.3 Å². The monoisotopic (exact) mass is 305 g/mol. The first kappa shape index (κ1) is 11.9. The highest BCUT2D eigenvalue weighted by atomic mass is 79.9. The van der Waals surface area contributed by atoms with E-state index in [0.717, 1.165) is 36.2 Å². The molecule has 1 aliphatic rings. The number of fused-ring (bicyclic) bond motifs is 1. The van der Waals surface area contributed by atoms with Crippen LogP contribution in [0.3, 0.4) is 0 Å². The summed E-state index contributed by atoms with van der Waals surface area (Å²) in [6, 6.07) is 8.82. The van der Waals surface area contributed by atoms with Crippen LogP contribution in [-0.4, -0.2) is 24.1 Å². The Hall–Kier alpha value is -1.13. The van der Waals surface area contributed by atoms with Crippen LogP contribution in [-0.2, 0) is 0 Å². The minimum atomic E-state index is 0.531. The maximum absolute atomic E-state index is 4.49. The first-order valence-electron chi connectivity index (χ1n) is 6.35. The van der Waals surface area contributed by atoms with Crippen molar-refractivity contribution in [2.75, 3.05) is 18.4 Å². The number of aromatic nitrogens is 1. The molecule has 94 valence electrons. The van der Waals surface area contributed by atoms with E-state index in [2.05, 4.69) is 49.7 Å². The standard InChI is InChI=1S/C14H16BrN3/c15-13-3-1-2-12-11(13)6-9-17-14(12)18-10-4-7-16-8-5-10/h1-3,6,9-10,16H,4-5,7-8H2,(H,17,18). The topological polar surface area (TPSA) is 37.0 Å². The van der Waals surface area contributed by atoms with Crippen molar-refractivity contribution in [2.24, 2.45) is 0 Å². The third kappa shape index (κ3) is 2.35. The highest BCUT2D eigenvalue weighted by Crippen LogP contribution is 2.28. The van der Waals surface area contributed by atoms with Gasteiger partial charge in [-0.3, -0.25) is 0 Å². The second-order valence-electron chi connectivity index (χ2n) is 4.66. The molecule has 2 heterocycles. The number of hydrogen-bond acceptors (Lipinski definition) is 3. The number of nitrogens with zero attached hydrogens (tertiary/aromatic N) is 1. The van der Waals surface area contributed by atoms with Gasteiger partial charge in [0.1, 0.15) is 5.82 Å². The van der Waals surface area contributed by atoms with E-state index in [4.69, 9.17) is 0 Å². The van der Waals surface area contributed by atoms with Crippen LogP contribution in [0.25, 0.3) is 10.8 Å². The minimum absolute atomic E-state index is 0.531. The van der Waals surface area contributed by atoms with Crippen LogP contribution in [0.2, 0.25) is 0 Å². The second kappa shape index (κ2) is 5.24. The first-order valence-corrected chi connectivity index (χ1v) is 7.14. The van der Waals surface area contributed by atoms with Gasteiger partial charge in [0.25, 0.3) is 0 Å². The molecule has 18 heavy (non-hydrogen) atoms. The Bertz CT molecular complexity index is 550. The summed E-state index contributed by atoms with van der Waals surface area (Å²) < 4.78 is 1.12. The molecule has 0 saturated carbocycles. The average Bonchev–Trinajstić information content (AvgIpc) is 2.41. The van der Waals surface area contributed by atoms with Crippen molar-refractivity contribution < 1.29 is 0 Å². The first-order chi connectivity index (χ1) is 8.84. The van der Waals surface area contributed by atoms with Crippen LogP contribution in [0.5, 0.6) is 0 Å². The van der Waals surface area contributed by atoms with Crippen molar-refractivity contribution in [1.29, 1.82) is 0 Å². The van der Waals surface area contributed by atoms with E-state index in [1.54, 1.807) is 0 Å². The molecule has 2 aromatic rings. The van der Waals surface area contributed by atoms with Gasteiger partial charge in [0.05, 0.1) is 0 Å².